The molecule has 0 aliphatic carbocycles. The fourth-order valence-corrected chi connectivity index (χ4v) is 1.40. The van der Waals surface area contributed by atoms with E-state index in [-0.39, 0.29) is 11.6 Å². The van der Waals surface area contributed by atoms with Crippen molar-refractivity contribution >= 4 is 5.82 Å². The first kappa shape index (κ1) is 10.4. The number of rotatable bonds is 3. The van der Waals surface area contributed by atoms with Crippen LogP contribution >= 0.6 is 0 Å². The minimum atomic E-state index is -0.167. The van der Waals surface area contributed by atoms with Crippen LogP contribution in [0.25, 0.3) is 0 Å². The van der Waals surface area contributed by atoms with Crippen molar-refractivity contribution in [2.75, 3.05) is 5.32 Å². The van der Waals surface area contributed by atoms with Crippen LogP contribution in [-0.2, 0) is 0 Å². The third-order valence-corrected chi connectivity index (χ3v) is 2.25. The summed E-state index contributed by atoms with van der Waals surface area (Å²) in [6.45, 7) is 2.00. The van der Waals surface area contributed by atoms with Gasteiger partial charge in [0.15, 0.2) is 0 Å². The molecule has 1 atom stereocenters. The van der Waals surface area contributed by atoms with Gasteiger partial charge < -0.3 is 10.3 Å². The Morgan fingerprint density at radius 1 is 1.38 bits per heavy atom. The topological polar surface area (TPSA) is 70.7 Å². The molecular weight excluding hydrogens is 204 g/mol. The van der Waals surface area contributed by atoms with Gasteiger partial charge in [-0.15, -0.1) is 0 Å². The predicted octanol–water partition coefficient (Wildman–Crippen LogP) is 1.34. The van der Waals surface area contributed by atoms with Crippen molar-refractivity contribution in [3.8, 4) is 0 Å². The molecule has 0 aliphatic heterocycles. The van der Waals surface area contributed by atoms with Gasteiger partial charge in [0, 0.05) is 18.5 Å². The number of hydrogen-bond donors (Lipinski definition) is 2. The molecule has 0 bridgehead atoms. The fraction of sp³-hybridized carbons (Fsp3) is 0.182. The molecular formula is C11H12N4O. The van der Waals surface area contributed by atoms with Crippen LogP contribution in [0.15, 0.2) is 41.7 Å². The normalized spacial score (nSPS) is 12.1. The highest BCUT2D eigenvalue weighted by Crippen LogP contribution is 2.15. The molecule has 0 saturated heterocycles. The van der Waals surface area contributed by atoms with Crippen LogP contribution in [0, 0.1) is 0 Å². The molecule has 2 aromatic rings. The second-order valence-electron chi connectivity index (χ2n) is 3.44. The Hall–Kier alpha value is -2.17. The number of pyridine rings is 1. The molecule has 0 aliphatic rings. The van der Waals surface area contributed by atoms with E-state index in [0.29, 0.717) is 5.82 Å². The predicted molar refractivity (Wildman–Crippen MR) is 61.1 cm³/mol. The maximum atomic E-state index is 11.1. The minimum absolute atomic E-state index is 0.0808. The van der Waals surface area contributed by atoms with Crippen molar-refractivity contribution in [2.45, 2.75) is 13.0 Å². The Bertz CT molecular complexity index is 509. The number of aromatic nitrogens is 3. The molecule has 0 spiro atoms. The Morgan fingerprint density at radius 2 is 2.12 bits per heavy atom. The van der Waals surface area contributed by atoms with Crippen LogP contribution in [0.2, 0.25) is 0 Å². The third-order valence-electron chi connectivity index (χ3n) is 2.25. The van der Waals surface area contributed by atoms with Gasteiger partial charge in [0.25, 0.3) is 5.56 Å². The van der Waals surface area contributed by atoms with Gasteiger partial charge in [-0.3, -0.25) is 9.78 Å². The van der Waals surface area contributed by atoms with E-state index in [1.165, 1.54) is 12.4 Å². The number of hydrogen-bond acceptors (Lipinski definition) is 4. The van der Waals surface area contributed by atoms with Gasteiger partial charge in [0.2, 0.25) is 0 Å². The van der Waals surface area contributed by atoms with Crippen LogP contribution in [-0.4, -0.2) is 15.0 Å². The minimum Gasteiger partial charge on any atom is -0.363 e. The first-order valence-corrected chi connectivity index (χ1v) is 4.97. The number of nitrogens with one attached hydrogen (secondary N) is 2. The lowest BCUT2D eigenvalue weighted by Gasteiger charge is -2.13. The molecule has 2 aromatic heterocycles. The van der Waals surface area contributed by atoms with Crippen LogP contribution in [0.1, 0.15) is 18.5 Å². The molecule has 16 heavy (non-hydrogen) atoms. The lowest BCUT2D eigenvalue weighted by atomic mass is 10.1. The van der Waals surface area contributed by atoms with Crippen molar-refractivity contribution in [1.29, 1.82) is 0 Å². The zero-order chi connectivity index (χ0) is 11.4. The summed E-state index contributed by atoms with van der Waals surface area (Å²) in [5, 5.41) is 3.14. The molecule has 0 radical (unpaired) electrons. The zero-order valence-electron chi connectivity index (χ0n) is 8.84. The molecule has 2 heterocycles. The molecule has 0 saturated carbocycles. The number of H-pyrrole nitrogens is 1. The first-order chi connectivity index (χ1) is 7.75. The van der Waals surface area contributed by atoms with E-state index in [1.54, 1.807) is 12.4 Å². The maximum absolute atomic E-state index is 11.1. The maximum Gasteiger partial charge on any atom is 0.252 e. The lowest BCUT2D eigenvalue weighted by molar-refractivity contribution is 0.866. The molecule has 5 nitrogen and oxygen atoms in total. The van der Waals surface area contributed by atoms with E-state index < -0.39 is 0 Å². The average Bonchev–Trinajstić information content (AvgIpc) is 2.30. The highest BCUT2D eigenvalue weighted by Gasteiger charge is 2.05. The second-order valence-corrected chi connectivity index (χ2v) is 3.44. The molecule has 0 aromatic carbocycles. The smallest absolute Gasteiger partial charge is 0.252 e. The standard InChI is InChI=1S/C11H12N4O/c1-8(9-2-4-12-5-3-9)15-10-6-11(16)14-7-13-10/h2-8H,1H3,(H2,13,14,15,16). The van der Waals surface area contributed by atoms with Crippen molar-refractivity contribution in [1.82, 2.24) is 15.0 Å². The summed E-state index contributed by atoms with van der Waals surface area (Å²) < 4.78 is 0. The van der Waals surface area contributed by atoms with E-state index in [1.807, 2.05) is 19.1 Å². The Labute approximate surface area is 92.6 Å². The third kappa shape index (κ3) is 2.44. The largest absolute Gasteiger partial charge is 0.363 e. The van der Waals surface area contributed by atoms with Crippen molar-refractivity contribution in [3.63, 3.8) is 0 Å². The molecule has 2 rings (SSSR count). The molecule has 2 N–H and O–H groups in total. The number of aromatic amines is 1. The second kappa shape index (κ2) is 4.57. The summed E-state index contributed by atoms with van der Waals surface area (Å²) in [6, 6.07) is 5.35. The quantitative estimate of drug-likeness (QED) is 0.812. The van der Waals surface area contributed by atoms with Crippen LogP contribution in [0.3, 0.4) is 0 Å². The number of anilines is 1. The van der Waals surface area contributed by atoms with Crippen LogP contribution < -0.4 is 10.9 Å². The summed E-state index contributed by atoms with van der Waals surface area (Å²) in [5.41, 5.74) is 0.927. The fourth-order valence-electron chi connectivity index (χ4n) is 1.40. The van der Waals surface area contributed by atoms with E-state index >= 15 is 0 Å². The Morgan fingerprint density at radius 3 is 2.81 bits per heavy atom. The van der Waals surface area contributed by atoms with Gasteiger partial charge in [-0.2, -0.15) is 0 Å². The van der Waals surface area contributed by atoms with E-state index in [0.717, 1.165) is 5.56 Å². The molecule has 5 heteroatoms. The number of nitrogens with zero attached hydrogens (tertiary/aromatic N) is 2. The van der Waals surface area contributed by atoms with Crippen molar-refractivity contribution in [2.24, 2.45) is 0 Å². The summed E-state index contributed by atoms with van der Waals surface area (Å²) in [4.78, 5) is 21.5. The van der Waals surface area contributed by atoms with Gasteiger partial charge in [-0.05, 0) is 24.6 Å². The summed E-state index contributed by atoms with van der Waals surface area (Å²) in [5.74, 6) is 0.563. The highest BCUT2D eigenvalue weighted by molar-refractivity contribution is 5.35. The summed E-state index contributed by atoms with van der Waals surface area (Å²) in [7, 11) is 0. The zero-order valence-corrected chi connectivity index (χ0v) is 8.84. The first-order valence-electron chi connectivity index (χ1n) is 4.97. The molecule has 0 amide bonds. The van der Waals surface area contributed by atoms with Gasteiger partial charge in [0.05, 0.1) is 12.4 Å². The van der Waals surface area contributed by atoms with Crippen molar-refractivity contribution in [3.05, 3.63) is 52.8 Å². The lowest BCUT2D eigenvalue weighted by Crippen LogP contribution is -2.12. The molecule has 82 valence electrons. The summed E-state index contributed by atoms with van der Waals surface area (Å²) >= 11 is 0. The van der Waals surface area contributed by atoms with E-state index in [9.17, 15) is 4.79 Å². The molecule has 0 fully saturated rings. The highest BCUT2D eigenvalue weighted by atomic mass is 16.1. The molecule has 1 unspecified atom stereocenters. The van der Waals surface area contributed by atoms with Gasteiger partial charge >= 0.3 is 0 Å². The monoisotopic (exact) mass is 216 g/mol. The van der Waals surface area contributed by atoms with Crippen LogP contribution in [0.4, 0.5) is 5.82 Å². The van der Waals surface area contributed by atoms with Gasteiger partial charge in [0.1, 0.15) is 5.82 Å². The van der Waals surface area contributed by atoms with E-state index in [4.69, 9.17) is 0 Å². The van der Waals surface area contributed by atoms with Gasteiger partial charge in [-0.25, -0.2) is 4.98 Å². The Kier molecular flexibility index (Phi) is 2.95. The average molecular weight is 216 g/mol. The summed E-state index contributed by atoms with van der Waals surface area (Å²) in [6.07, 6.45) is 4.85. The van der Waals surface area contributed by atoms with Gasteiger partial charge in [-0.1, -0.05) is 0 Å². The van der Waals surface area contributed by atoms with Crippen molar-refractivity contribution < 1.29 is 0 Å². The Balaban J connectivity index is 2.14. The SMILES string of the molecule is CC(Nc1cc(=O)[nH]cn1)c1ccncc1. The van der Waals surface area contributed by atoms with E-state index in [2.05, 4.69) is 20.3 Å². The van der Waals surface area contributed by atoms with Crippen LogP contribution in [0.5, 0.6) is 0 Å².